The third-order valence-corrected chi connectivity index (χ3v) is 4.28. The van der Waals surface area contributed by atoms with Gasteiger partial charge < -0.3 is 5.32 Å². The number of hydrogen-bond donors (Lipinski definition) is 1. The van der Waals surface area contributed by atoms with E-state index in [4.69, 9.17) is 0 Å². The molecule has 0 saturated heterocycles. The number of benzene rings is 1. The highest BCUT2D eigenvalue weighted by Crippen LogP contribution is 2.55. The van der Waals surface area contributed by atoms with Gasteiger partial charge in [-0.25, -0.2) is 0 Å². The molecule has 0 radical (unpaired) electrons. The van der Waals surface area contributed by atoms with Gasteiger partial charge in [0.25, 0.3) is 5.69 Å². The highest BCUT2D eigenvalue weighted by atomic mass is 16.6. The summed E-state index contributed by atoms with van der Waals surface area (Å²) in [6.45, 7) is 0. The number of fused-ring (bicyclic) bond motifs is 1. The van der Waals surface area contributed by atoms with Crippen LogP contribution in [-0.2, 0) is 4.79 Å². The Bertz CT molecular complexity index is 517. The summed E-state index contributed by atoms with van der Waals surface area (Å²) in [7, 11) is 0. The minimum atomic E-state index is -0.452. The second-order valence-electron chi connectivity index (χ2n) is 5.43. The van der Waals surface area contributed by atoms with Crippen LogP contribution in [0.15, 0.2) is 24.3 Å². The molecule has 5 nitrogen and oxygen atoms in total. The first-order valence-corrected chi connectivity index (χ1v) is 6.72. The van der Waals surface area contributed by atoms with Gasteiger partial charge in [0.05, 0.1) is 4.92 Å². The molecule has 1 N–H and O–H groups in total. The standard InChI is InChI=1S/C14H16N2O3/c17-14(13-11-6-1-2-7-12(11)13)15-9-4-3-5-10(8-9)16(18)19/h3-5,8,11-13H,1-2,6-7H2,(H,15,17)/t11-,12-/m1/s1. The van der Waals surface area contributed by atoms with Gasteiger partial charge in [0.15, 0.2) is 0 Å². The third kappa shape index (κ3) is 2.32. The lowest BCUT2D eigenvalue weighted by atomic mass is 10.0. The van der Waals surface area contributed by atoms with Gasteiger partial charge >= 0.3 is 0 Å². The zero-order chi connectivity index (χ0) is 13.4. The first-order chi connectivity index (χ1) is 9.16. The van der Waals surface area contributed by atoms with Crippen LogP contribution in [0.3, 0.4) is 0 Å². The topological polar surface area (TPSA) is 72.2 Å². The van der Waals surface area contributed by atoms with E-state index in [1.807, 2.05) is 0 Å². The number of nitro benzene ring substituents is 1. The lowest BCUT2D eigenvalue weighted by Crippen LogP contribution is -2.15. The molecule has 5 heteroatoms. The first kappa shape index (κ1) is 12.1. The molecule has 2 aliphatic rings. The summed E-state index contributed by atoms with van der Waals surface area (Å²) in [4.78, 5) is 22.4. The van der Waals surface area contributed by atoms with Crippen LogP contribution < -0.4 is 5.32 Å². The number of nitrogens with one attached hydrogen (secondary N) is 1. The minimum Gasteiger partial charge on any atom is -0.326 e. The molecule has 19 heavy (non-hydrogen) atoms. The van der Waals surface area contributed by atoms with E-state index in [0.717, 1.165) is 12.8 Å². The molecular formula is C14H16N2O3. The molecule has 2 fully saturated rings. The van der Waals surface area contributed by atoms with Gasteiger partial charge in [-0.1, -0.05) is 18.9 Å². The molecule has 0 unspecified atom stereocenters. The van der Waals surface area contributed by atoms with Gasteiger partial charge in [-0.2, -0.15) is 0 Å². The minimum absolute atomic E-state index is 0.00557. The van der Waals surface area contributed by atoms with E-state index in [-0.39, 0.29) is 17.5 Å². The van der Waals surface area contributed by atoms with Crippen LogP contribution in [0, 0.1) is 27.9 Å². The Morgan fingerprint density at radius 3 is 2.58 bits per heavy atom. The van der Waals surface area contributed by atoms with E-state index in [9.17, 15) is 14.9 Å². The maximum absolute atomic E-state index is 12.1. The van der Waals surface area contributed by atoms with Crippen LogP contribution in [0.5, 0.6) is 0 Å². The van der Waals surface area contributed by atoms with Crippen LogP contribution in [0.4, 0.5) is 11.4 Å². The predicted molar refractivity (Wildman–Crippen MR) is 70.7 cm³/mol. The van der Waals surface area contributed by atoms with Crippen molar-refractivity contribution < 1.29 is 9.72 Å². The van der Waals surface area contributed by atoms with Crippen molar-refractivity contribution in [2.24, 2.45) is 17.8 Å². The van der Waals surface area contributed by atoms with Crippen molar-refractivity contribution in [3.8, 4) is 0 Å². The molecule has 3 rings (SSSR count). The number of carbonyl (C=O) groups is 1. The van der Waals surface area contributed by atoms with Gasteiger partial charge in [0.2, 0.25) is 5.91 Å². The van der Waals surface area contributed by atoms with Crippen LogP contribution in [0.25, 0.3) is 0 Å². The van der Waals surface area contributed by atoms with E-state index in [1.54, 1.807) is 12.1 Å². The molecule has 0 spiro atoms. The van der Waals surface area contributed by atoms with Crippen molar-refractivity contribution in [3.05, 3.63) is 34.4 Å². The number of rotatable bonds is 3. The summed E-state index contributed by atoms with van der Waals surface area (Å²) in [5, 5.41) is 13.5. The quantitative estimate of drug-likeness (QED) is 0.670. The molecule has 2 saturated carbocycles. The molecule has 0 bridgehead atoms. The zero-order valence-corrected chi connectivity index (χ0v) is 10.5. The average Bonchev–Trinajstić information content (AvgIpc) is 3.13. The summed E-state index contributed by atoms with van der Waals surface area (Å²) in [5.74, 6) is 1.25. The maximum atomic E-state index is 12.1. The molecule has 1 amide bonds. The fourth-order valence-corrected chi connectivity index (χ4v) is 3.30. The summed E-state index contributed by atoms with van der Waals surface area (Å²) in [6, 6.07) is 6.11. The van der Waals surface area contributed by atoms with Crippen molar-refractivity contribution in [2.45, 2.75) is 25.7 Å². The van der Waals surface area contributed by atoms with E-state index in [1.165, 1.54) is 25.0 Å². The molecule has 0 aliphatic heterocycles. The summed E-state index contributed by atoms with van der Waals surface area (Å²) < 4.78 is 0. The fourth-order valence-electron chi connectivity index (χ4n) is 3.30. The molecule has 2 atom stereocenters. The van der Waals surface area contributed by atoms with Crippen molar-refractivity contribution in [1.82, 2.24) is 0 Å². The molecular weight excluding hydrogens is 244 g/mol. The van der Waals surface area contributed by atoms with Gasteiger partial charge in [0.1, 0.15) is 0 Å². The van der Waals surface area contributed by atoms with Crippen molar-refractivity contribution in [1.29, 1.82) is 0 Å². The van der Waals surface area contributed by atoms with Crippen molar-refractivity contribution in [3.63, 3.8) is 0 Å². The molecule has 100 valence electrons. The average molecular weight is 260 g/mol. The second kappa shape index (κ2) is 4.64. The van der Waals surface area contributed by atoms with Gasteiger partial charge in [0, 0.05) is 23.7 Å². The Labute approximate surface area is 111 Å². The monoisotopic (exact) mass is 260 g/mol. The Hall–Kier alpha value is -1.91. The zero-order valence-electron chi connectivity index (χ0n) is 10.5. The fraction of sp³-hybridized carbons (Fsp3) is 0.500. The van der Waals surface area contributed by atoms with Gasteiger partial charge in [-0.3, -0.25) is 14.9 Å². The number of nitrogens with zero attached hydrogens (tertiary/aromatic N) is 1. The Morgan fingerprint density at radius 2 is 1.95 bits per heavy atom. The van der Waals surface area contributed by atoms with Gasteiger partial charge in [-0.05, 0) is 30.7 Å². The number of nitro groups is 1. The third-order valence-electron chi connectivity index (χ3n) is 4.28. The number of carbonyl (C=O) groups excluding carboxylic acids is 1. The SMILES string of the molecule is O=C(Nc1cccc([N+](=O)[O-])c1)C1[C@@H]2CCCC[C@@H]12. The predicted octanol–water partition coefficient (Wildman–Crippen LogP) is 2.97. The summed E-state index contributed by atoms with van der Waals surface area (Å²) >= 11 is 0. The molecule has 1 aromatic carbocycles. The number of non-ortho nitro benzene ring substituents is 1. The van der Waals surface area contributed by atoms with E-state index in [2.05, 4.69) is 5.32 Å². The molecule has 0 aromatic heterocycles. The maximum Gasteiger partial charge on any atom is 0.271 e. The smallest absolute Gasteiger partial charge is 0.271 e. The highest BCUT2D eigenvalue weighted by Gasteiger charge is 2.54. The Kier molecular flexibility index (Phi) is 2.97. The molecule has 2 aliphatic carbocycles. The summed E-state index contributed by atoms with van der Waals surface area (Å²) in [5.41, 5.74) is 0.522. The van der Waals surface area contributed by atoms with Crippen LogP contribution in [0.1, 0.15) is 25.7 Å². The lowest BCUT2D eigenvalue weighted by molar-refractivity contribution is -0.384. The van der Waals surface area contributed by atoms with E-state index in [0.29, 0.717) is 17.5 Å². The number of amides is 1. The largest absolute Gasteiger partial charge is 0.326 e. The number of hydrogen-bond acceptors (Lipinski definition) is 3. The first-order valence-electron chi connectivity index (χ1n) is 6.72. The normalized spacial score (nSPS) is 28.3. The van der Waals surface area contributed by atoms with Crippen molar-refractivity contribution >= 4 is 17.3 Å². The van der Waals surface area contributed by atoms with E-state index >= 15 is 0 Å². The van der Waals surface area contributed by atoms with Crippen LogP contribution in [-0.4, -0.2) is 10.8 Å². The van der Waals surface area contributed by atoms with Crippen molar-refractivity contribution in [2.75, 3.05) is 5.32 Å². The highest BCUT2D eigenvalue weighted by molar-refractivity contribution is 5.95. The second-order valence-corrected chi connectivity index (χ2v) is 5.43. The number of anilines is 1. The Balaban J connectivity index is 1.67. The van der Waals surface area contributed by atoms with Crippen LogP contribution in [0.2, 0.25) is 0 Å². The molecule has 1 aromatic rings. The van der Waals surface area contributed by atoms with Crippen LogP contribution >= 0.6 is 0 Å². The Morgan fingerprint density at radius 1 is 1.26 bits per heavy atom. The summed E-state index contributed by atoms with van der Waals surface area (Å²) in [6.07, 6.45) is 4.75. The van der Waals surface area contributed by atoms with Gasteiger partial charge in [-0.15, -0.1) is 0 Å². The van der Waals surface area contributed by atoms with E-state index < -0.39 is 4.92 Å². The molecule has 0 heterocycles. The lowest BCUT2D eigenvalue weighted by Gasteiger charge is -2.04.